The Kier molecular flexibility index (Phi) is 4.94. The molecule has 0 aliphatic heterocycles. The highest BCUT2D eigenvalue weighted by Crippen LogP contribution is 2.23. The average Bonchev–Trinajstić information content (AvgIpc) is 3.10. The Bertz CT molecular complexity index is 883. The van der Waals surface area contributed by atoms with Gasteiger partial charge in [-0.25, -0.2) is 4.98 Å². The van der Waals surface area contributed by atoms with E-state index < -0.39 is 0 Å². The first-order chi connectivity index (χ1) is 11.8. The number of aryl methyl sites for hydroxylation is 1. The third kappa shape index (κ3) is 3.83. The van der Waals surface area contributed by atoms with Gasteiger partial charge in [0.1, 0.15) is 11.1 Å². The maximum Gasteiger partial charge on any atom is 0.224 e. The number of hydrogen-bond acceptors (Lipinski definition) is 5. The number of anilines is 1. The monoisotopic (exact) mass is 334 g/mol. The number of hydrogen-bond donors (Lipinski definition) is 1. The molecule has 0 fully saturated rings. The number of rotatable bonds is 5. The van der Waals surface area contributed by atoms with Crippen LogP contribution in [0.1, 0.15) is 17.7 Å². The summed E-state index contributed by atoms with van der Waals surface area (Å²) in [6, 6.07) is 12.8. The molecule has 24 heavy (non-hydrogen) atoms. The number of nitrogens with one attached hydrogen (secondary N) is 1. The van der Waals surface area contributed by atoms with Gasteiger partial charge in [0.15, 0.2) is 0 Å². The molecule has 0 atom stereocenters. The number of pyridine rings is 1. The molecule has 118 valence electrons. The van der Waals surface area contributed by atoms with Gasteiger partial charge in [-0.3, -0.25) is 9.78 Å². The van der Waals surface area contributed by atoms with Gasteiger partial charge < -0.3 is 5.32 Å². The summed E-state index contributed by atoms with van der Waals surface area (Å²) in [6.07, 6.45) is 4.34. The molecule has 5 nitrogen and oxygen atoms in total. The molecule has 0 aliphatic rings. The molecule has 0 bridgehead atoms. The van der Waals surface area contributed by atoms with Crippen LogP contribution in [0.25, 0.3) is 10.6 Å². The number of nitriles is 1. The largest absolute Gasteiger partial charge is 0.325 e. The van der Waals surface area contributed by atoms with E-state index in [2.05, 4.69) is 21.4 Å². The Labute approximate surface area is 143 Å². The summed E-state index contributed by atoms with van der Waals surface area (Å²) in [6.45, 7) is 0. The number of nitrogens with zero attached hydrogens (tertiary/aromatic N) is 3. The Morgan fingerprint density at radius 3 is 2.79 bits per heavy atom. The van der Waals surface area contributed by atoms with E-state index in [1.54, 1.807) is 48.0 Å². The maximum absolute atomic E-state index is 12.1. The van der Waals surface area contributed by atoms with Gasteiger partial charge >= 0.3 is 0 Å². The van der Waals surface area contributed by atoms with Crippen molar-refractivity contribution in [1.82, 2.24) is 9.97 Å². The van der Waals surface area contributed by atoms with Crippen molar-refractivity contribution < 1.29 is 4.79 Å². The van der Waals surface area contributed by atoms with E-state index in [0.717, 1.165) is 16.3 Å². The highest BCUT2D eigenvalue weighted by atomic mass is 32.1. The van der Waals surface area contributed by atoms with Crippen LogP contribution in [-0.2, 0) is 11.2 Å². The van der Waals surface area contributed by atoms with Gasteiger partial charge in [-0.15, -0.1) is 11.3 Å². The number of aromatic nitrogens is 2. The summed E-state index contributed by atoms with van der Waals surface area (Å²) in [5, 5.41) is 14.7. The lowest BCUT2D eigenvalue weighted by atomic mass is 10.2. The first-order valence-corrected chi connectivity index (χ1v) is 8.28. The van der Waals surface area contributed by atoms with Gasteiger partial charge in [-0.2, -0.15) is 5.26 Å². The molecule has 1 aromatic carbocycles. The quantitative estimate of drug-likeness (QED) is 0.772. The Morgan fingerprint density at radius 2 is 2.00 bits per heavy atom. The third-order valence-corrected chi connectivity index (χ3v) is 4.35. The predicted molar refractivity (Wildman–Crippen MR) is 93.5 cm³/mol. The van der Waals surface area contributed by atoms with Crippen molar-refractivity contribution in [3.05, 3.63) is 65.4 Å². The molecule has 1 N–H and O–H groups in total. The minimum absolute atomic E-state index is 0.129. The van der Waals surface area contributed by atoms with E-state index in [9.17, 15) is 4.79 Å². The molecule has 2 aromatic heterocycles. The minimum Gasteiger partial charge on any atom is -0.325 e. The van der Waals surface area contributed by atoms with Crippen molar-refractivity contribution in [1.29, 1.82) is 5.26 Å². The van der Waals surface area contributed by atoms with Crippen LogP contribution >= 0.6 is 11.3 Å². The van der Waals surface area contributed by atoms with Gasteiger partial charge in [-0.05, 0) is 30.7 Å². The van der Waals surface area contributed by atoms with Crippen LogP contribution in [0.4, 0.5) is 5.69 Å². The van der Waals surface area contributed by atoms with Crippen molar-refractivity contribution in [3.8, 4) is 16.6 Å². The van der Waals surface area contributed by atoms with E-state index in [0.29, 0.717) is 24.1 Å². The van der Waals surface area contributed by atoms with Crippen LogP contribution in [0, 0.1) is 11.3 Å². The second-order valence-corrected chi connectivity index (χ2v) is 5.94. The highest BCUT2D eigenvalue weighted by molar-refractivity contribution is 7.13. The van der Waals surface area contributed by atoms with Crippen molar-refractivity contribution in [2.45, 2.75) is 12.8 Å². The number of benzene rings is 1. The fraction of sp³-hybridized carbons (Fsp3) is 0.111. The molecule has 1 amide bonds. The Morgan fingerprint density at radius 1 is 1.21 bits per heavy atom. The standard InChI is InChI=1S/C18H14N4OS/c19-11-14-3-1-2-4-16(14)22-17(23)6-5-15-12-24-18(21-15)13-7-9-20-10-8-13/h1-4,7-10,12H,5-6H2,(H,22,23). The molecule has 0 saturated carbocycles. The van der Waals surface area contributed by atoms with Gasteiger partial charge in [0.25, 0.3) is 0 Å². The van der Waals surface area contributed by atoms with Crippen LogP contribution in [0.2, 0.25) is 0 Å². The number of carbonyl (C=O) groups is 1. The molecule has 0 unspecified atom stereocenters. The smallest absolute Gasteiger partial charge is 0.224 e. The van der Waals surface area contributed by atoms with Gasteiger partial charge in [0.2, 0.25) is 5.91 Å². The normalized spacial score (nSPS) is 10.1. The zero-order chi connectivity index (χ0) is 16.8. The lowest BCUT2D eigenvalue weighted by Gasteiger charge is -2.05. The zero-order valence-corrected chi connectivity index (χ0v) is 13.6. The lowest BCUT2D eigenvalue weighted by Crippen LogP contribution is -2.13. The molecular weight excluding hydrogens is 320 g/mol. The summed E-state index contributed by atoms with van der Waals surface area (Å²) in [7, 11) is 0. The fourth-order valence-corrected chi connectivity index (χ4v) is 3.05. The van der Waals surface area contributed by atoms with E-state index >= 15 is 0 Å². The molecule has 3 rings (SSSR count). The summed E-state index contributed by atoms with van der Waals surface area (Å²) >= 11 is 1.55. The van der Waals surface area contributed by atoms with E-state index in [1.807, 2.05) is 17.5 Å². The molecule has 0 spiro atoms. The molecule has 0 radical (unpaired) electrons. The Hall–Kier alpha value is -3.04. The lowest BCUT2D eigenvalue weighted by molar-refractivity contribution is -0.116. The average molecular weight is 334 g/mol. The van der Waals surface area contributed by atoms with Gasteiger partial charge in [-0.1, -0.05) is 12.1 Å². The van der Waals surface area contributed by atoms with E-state index in [1.165, 1.54) is 0 Å². The van der Waals surface area contributed by atoms with Crippen LogP contribution < -0.4 is 5.32 Å². The molecule has 6 heteroatoms. The van der Waals surface area contributed by atoms with Gasteiger partial charge in [0.05, 0.1) is 16.9 Å². The summed E-state index contributed by atoms with van der Waals surface area (Å²) < 4.78 is 0. The third-order valence-electron chi connectivity index (χ3n) is 3.41. The first kappa shape index (κ1) is 15.8. The molecule has 0 saturated heterocycles. The van der Waals surface area contributed by atoms with Crippen LogP contribution in [0.15, 0.2) is 54.2 Å². The summed E-state index contributed by atoms with van der Waals surface area (Å²) in [5.41, 5.74) is 2.91. The highest BCUT2D eigenvalue weighted by Gasteiger charge is 2.09. The SMILES string of the molecule is N#Cc1ccccc1NC(=O)CCc1csc(-c2ccncc2)n1. The fourth-order valence-electron chi connectivity index (χ4n) is 2.19. The van der Waals surface area contributed by atoms with Crippen LogP contribution in [0.3, 0.4) is 0 Å². The first-order valence-electron chi connectivity index (χ1n) is 7.40. The molecule has 3 aromatic rings. The van der Waals surface area contributed by atoms with Crippen LogP contribution in [-0.4, -0.2) is 15.9 Å². The predicted octanol–water partition coefficient (Wildman–Crippen LogP) is 3.65. The topological polar surface area (TPSA) is 78.7 Å². The molecular formula is C18H14N4OS. The van der Waals surface area contributed by atoms with Gasteiger partial charge in [0, 0.05) is 29.8 Å². The number of amides is 1. The van der Waals surface area contributed by atoms with Crippen molar-refractivity contribution >= 4 is 22.9 Å². The number of thiazole rings is 1. The Balaban J connectivity index is 1.59. The second kappa shape index (κ2) is 7.49. The van der Waals surface area contributed by atoms with E-state index in [-0.39, 0.29) is 5.91 Å². The maximum atomic E-state index is 12.1. The molecule has 0 aliphatic carbocycles. The summed E-state index contributed by atoms with van der Waals surface area (Å²) in [5.74, 6) is -0.129. The van der Waals surface area contributed by atoms with Crippen molar-refractivity contribution in [3.63, 3.8) is 0 Å². The minimum atomic E-state index is -0.129. The van der Waals surface area contributed by atoms with E-state index in [4.69, 9.17) is 5.26 Å². The number of para-hydroxylation sites is 1. The van der Waals surface area contributed by atoms with Crippen molar-refractivity contribution in [2.24, 2.45) is 0 Å². The van der Waals surface area contributed by atoms with Crippen molar-refractivity contribution in [2.75, 3.05) is 5.32 Å². The molecule has 2 heterocycles. The second-order valence-electron chi connectivity index (χ2n) is 5.09. The summed E-state index contributed by atoms with van der Waals surface area (Å²) in [4.78, 5) is 20.6. The zero-order valence-electron chi connectivity index (χ0n) is 12.8. The van der Waals surface area contributed by atoms with Crippen LogP contribution in [0.5, 0.6) is 0 Å². The number of carbonyl (C=O) groups excluding carboxylic acids is 1.